The van der Waals surface area contributed by atoms with Crippen molar-refractivity contribution < 1.29 is 0 Å². The highest BCUT2D eigenvalue weighted by atomic mass is 15.2. The van der Waals surface area contributed by atoms with Crippen molar-refractivity contribution >= 4 is 10.9 Å². The molecule has 0 saturated carbocycles. The second-order valence-electron chi connectivity index (χ2n) is 8.70. The average Bonchev–Trinajstić information content (AvgIpc) is 3.07. The molecule has 29 heavy (non-hydrogen) atoms. The number of pyridine rings is 1. The lowest BCUT2D eigenvalue weighted by Gasteiger charge is -2.28. The summed E-state index contributed by atoms with van der Waals surface area (Å²) in [5, 5.41) is 1.35. The van der Waals surface area contributed by atoms with Crippen LogP contribution in [0.3, 0.4) is 0 Å². The molecule has 1 aliphatic heterocycles. The predicted octanol–water partition coefficient (Wildman–Crippen LogP) is 6.03. The molecule has 0 amide bonds. The second kappa shape index (κ2) is 8.00. The van der Waals surface area contributed by atoms with Crippen LogP contribution >= 0.6 is 0 Å². The first-order chi connectivity index (χ1) is 14.0. The number of nitrogens with one attached hydrogen (secondary N) is 1. The van der Waals surface area contributed by atoms with Crippen molar-refractivity contribution in [2.45, 2.75) is 52.4 Å². The highest BCUT2D eigenvalue weighted by Crippen LogP contribution is 2.38. The molecule has 4 heteroatoms. The van der Waals surface area contributed by atoms with Crippen LogP contribution in [0.5, 0.6) is 0 Å². The molecule has 1 N–H and O–H groups in total. The minimum absolute atomic E-state index is 0.434. The van der Waals surface area contributed by atoms with Crippen LogP contribution in [0.25, 0.3) is 27.0 Å². The SMILES string of the molecule is [C-]#[N+]CN1CCC(c2ccc3[nH]c(-c4cc(C)nc(C)c4)c(C(C)C)c3c2)CC1. The number of aryl methyl sites for hydroxylation is 2. The number of hydrogen-bond acceptors (Lipinski definition) is 2. The van der Waals surface area contributed by atoms with E-state index >= 15 is 0 Å². The van der Waals surface area contributed by atoms with Gasteiger partial charge in [-0.25, -0.2) is 11.5 Å². The minimum Gasteiger partial charge on any atom is -0.354 e. The van der Waals surface area contributed by atoms with Crippen LogP contribution in [0.15, 0.2) is 30.3 Å². The largest absolute Gasteiger partial charge is 0.354 e. The Kier molecular flexibility index (Phi) is 5.43. The van der Waals surface area contributed by atoms with Gasteiger partial charge in [0, 0.05) is 40.9 Å². The predicted molar refractivity (Wildman–Crippen MR) is 120 cm³/mol. The van der Waals surface area contributed by atoms with E-state index < -0.39 is 0 Å². The van der Waals surface area contributed by atoms with Crippen molar-refractivity contribution in [3.8, 4) is 11.3 Å². The third kappa shape index (κ3) is 3.93. The summed E-state index contributed by atoms with van der Waals surface area (Å²) < 4.78 is 0. The van der Waals surface area contributed by atoms with Gasteiger partial charge in [0.2, 0.25) is 0 Å². The average molecular weight is 387 g/mol. The van der Waals surface area contributed by atoms with Gasteiger partial charge in [0.1, 0.15) is 0 Å². The number of fused-ring (bicyclic) bond motifs is 1. The highest BCUT2D eigenvalue weighted by Gasteiger charge is 2.23. The maximum atomic E-state index is 7.08. The zero-order valence-electron chi connectivity index (χ0n) is 17.9. The van der Waals surface area contributed by atoms with Gasteiger partial charge < -0.3 is 4.98 Å². The normalized spacial score (nSPS) is 15.9. The van der Waals surface area contributed by atoms with Gasteiger partial charge in [-0.3, -0.25) is 9.83 Å². The fourth-order valence-electron chi connectivity index (χ4n) is 4.80. The van der Waals surface area contributed by atoms with Crippen molar-refractivity contribution in [2.24, 2.45) is 0 Å². The van der Waals surface area contributed by atoms with Crippen molar-refractivity contribution in [1.29, 1.82) is 0 Å². The van der Waals surface area contributed by atoms with Gasteiger partial charge in [-0.1, -0.05) is 19.9 Å². The number of benzene rings is 1. The molecule has 3 aromatic rings. The second-order valence-corrected chi connectivity index (χ2v) is 8.70. The molecule has 0 atom stereocenters. The number of nitrogens with zero attached hydrogens (tertiary/aromatic N) is 3. The topological polar surface area (TPSA) is 36.3 Å². The number of hydrogen-bond donors (Lipinski definition) is 1. The van der Waals surface area contributed by atoms with Crippen molar-refractivity contribution in [3.63, 3.8) is 0 Å². The summed E-state index contributed by atoms with van der Waals surface area (Å²) in [4.78, 5) is 14.1. The van der Waals surface area contributed by atoms with Gasteiger partial charge >= 0.3 is 0 Å². The van der Waals surface area contributed by atoms with Gasteiger partial charge in [0.05, 0.1) is 5.69 Å². The Balaban J connectivity index is 1.73. The standard InChI is InChI=1S/C25H30N4/c1-16(2)24-22-14-20(19-8-10-29(11-9-19)15-26-5)6-7-23(22)28-25(24)21-12-17(3)27-18(4)13-21/h6-7,12-14,16,19,28H,8-11,15H2,1-4H3. The number of H-pyrrole nitrogens is 1. The fourth-order valence-corrected chi connectivity index (χ4v) is 4.80. The van der Waals surface area contributed by atoms with Crippen LogP contribution < -0.4 is 0 Å². The Morgan fingerprint density at radius 3 is 2.45 bits per heavy atom. The summed E-state index contributed by atoms with van der Waals surface area (Å²) >= 11 is 0. The van der Waals surface area contributed by atoms with E-state index in [4.69, 9.17) is 6.57 Å². The summed E-state index contributed by atoms with van der Waals surface area (Å²) in [6.45, 7) is 18.4. The lowest BCUT2D eigenvalue weighted by atomic mass is 9.87. The van der Waals surface area contributed by atoms with E-state index in [1.165, 1.54) is 33.3 Å². The van der Waals surface area contributed by atoms with E-state index in [-0.39, 0.29) is 0 Å². The van der Waals surface area contributed by atoms with Gasteiger partial charge in [-0.05, 0) is 73.9 Å². The first-order valence-electron chi connectivity index (χ1n) is 10.6. The van der Waals surface area contributed by atoms with E-state index in [0.29, 0.717) is 18.5 Å². The highest BCUT2D eigenvalue weighted by molar-refractivity contribution is 5.92. The summed E-state index contributed by atoms with van der Waals surface area (Å²) in [6, 6.07) is 11.3. The van der Waals surface area contributed by atoms with Gasteiger partial charge in [0.15, 0.2) is 0 Å². The van der Waals surface area contributed by atoms with E-state index in [2.05, 4.69) is 77.7 Å². The number of piperidine rings is 1. The number of rotatable bonds is 4. The van der Waals surface area contributed by atoms with Crippen LogP contribution in [0.4, 0.5) is 0 Å². The molecule has 4 rings (SSSR count). The lowest BCUT2D eigenvalue weighted by Crippen LogP contribution is -2.32. The molecule has 1 fully saturated rings. The van der Waals surface area contributed by atoms with Crippen molar-refractivity contribution in [1.82, 2.24) is 14.9 Å². The van der Waals surface area contributed by atoms with Gasteiger partial charge in [-0.2, -0.15) is 0 Å². The molecule has 0 unspecified atom stereocenters. The number of aromatic nitrogens is 2. The summed E-state index contributed by atoms with van der Waals surface area (Å²) in [6.07, 6.45) is 2.27. The Hall–Kier alpha value is -2.64. The summed E-state index contributed by atoms with van der Waals surface area (Å²) in [5.41, 5.74) is 8.62. The van der Waals surface area contributed by atoms with Crippen LogP contribution in [0.2, 0.25) is 0 Å². The van der Waals surface area contributed by atoms with Crippen LogP contribution in [-0.2, 0) is 0 Å². The van der Waals surface area contributed by atoms with E-state index in [1.807, 2.05) is 0 Å². The zero-order valence-corrected chi connectivity index (χ0v) is 17.9. The molecular formula is C25H30N4. The molecule has 1 aliphatic rings. The van der Waals surface area contributed by atoms with E-state index in [1.54, 1.807) is 0 Å². The maximum absolute atomic E-state index is 7.08. The fraction of sp³-hybridized carbons (Fsp3) is 0.440. The van der Waals surface area contributed by atoms with Crippen molar-refractivity contribution in [3.05, 3.63) is 64.3 Å². The van der Waals surface area contributed by atoms with Crippen LogP contribution in [0, 0.1) is 20.4 Å². The Morgan fingerprint density at radius 1 is 1.14 bits per heavy atom. The Labute approximate surface area is 173 Å². The third-order valence-corrected chi connectivity index (χ3v) is 6.14. The van der Waals surface area contributed by atoms with Crippen molar-refractivity contribution in [2.75, 3.05) is 19.8 Å². The van der Waals surface area contributed by atoms with E-state index in [9.17, 15) is 0 Å². The molecule has 3 heterocycles. The monoisotopic (exact) mass is 386 g/mol. The third-order valence-electron chi connectivity index (χ3n) is 6.14. The van der Waals surface area contributed by atoms with Gasteiger partial charge in [-0.15, -0.1) is 0 Å². The zero-order chi connectivity index (χ0) is 20.5. The van der Waals surface area contributed by atoms with E-state index in [0.717, 1.165) is 37.3 Å². The molecule has 1 saturated heterocycles. The first-order valence-corrected chi connectivity index (χ1v) is 10.6. The molecule has 0 aliphatic carbocycles. The number of aromatic amines is 1. The molecule has 0 radical (unpaired) electrons. The molecule has 0 spiro atoms. The summed E-state index contributed by atoms with van der Waals surface area (Å²) in [7, 11) is 0. The van der Waals surface area contributed by atoms with Crippen LogP contribution in [0.1, 0.15) is 61.0 Å². The first kappa shape index (κ1) is 19.7. The lowest BCUT2D eigenvalue weighted by molar-refractivity contribution is 0.232. The quantitative estimate of drug-likeness (QED) is 0.556. The van der Waals surface area contributed by atoms with Gasteiger partial charge in [0.25, 0.3) is 6.67 Å². The summed E-state index contributed by atoms with van der Waals surface area (Å²) in [5.74, 6) is 1.02. The smallest absolute Gasteiger partial charge is 0.270 e. The van der Waals surface area contributed by atoms with Crippen LogP contribution in [-0.4, -0.2) is 34.6 Å². The molecule has 0 bridgehead atoms. The molecular weight excluding hydrogens is 356 g/mol. The maximum Gasteiger partial charge on any atom is 0.270 e. The minimum atomic E-state index is 0.434. The molecule has 2 aromatic heterocycles. The molecule has 1 aromatic carbocycles. The number of likely N-dealkylation sites (tertiary alicyclic amines) is 1. The molecule has 150 valence electrons. The Morgan fingerprint density at radius 2 is 1.83 bits per heavy atom. The Bertz CT molecular complexity index is 1040. The molecule has 4 nitrogen and oxygen atoms in total.